The van der Waals surface area contributed by atoms with Crippen molar-refractivity contribution in [3.8, 4) is 12.1 Å². The van der Waals surface area contributed by atoms with Crippen molar-refractivity contribution < 1.29 is 19.4 Å². The van der Waals surface area contributed by atoms with Gasteiger partial charge in [-0.2, -0.15) is 10.5 Å². The molecule has 0 heterocycles. The minimum atomic E-state index is -1.44. The van der Waals surface area contributed by atoms with E-state index in [2.05, 4.69) is 4.74 Å². The third-order valence-electron chi connectivity index (χ3n) is 0.462. The summed E-state index contributed by atoms with van der Waals surface area (Å²) in [5.41, 5.74) is 0. The smallest absolute Gasteiger partial charge is 0.411 e. The van der Waals surface area contributed by atoms with E-state index in [0.29, 0.717) is 0 Å². The van der Waals surface area contributed by atoms with Gasteiger partial charge in [0, 0.05) is 0 Å². The molecule has 0 aliphatic rings. The second-order valence-electron chi connectivity index (χ2n) is 1.25. The topological polar surface area (TPSA) is 111 Å². The Morgan fingerprint density at radius 3 is 1.92 bits per heavy atom. The summed E-state index contributed by atoms with van der Waals surface area (Å²) in [5, 5.41) is 22.4. The molecular formula is C6H6N2O4. The lowest BCUT2D eigenvalue weighted by molar-refractivity contribution is -0.136. The van der Waals surface area contributed by atoms with E-state index >= 15 is 0 Å². The van der Waals surface area contributed by atoms with Crippen LogP contribution < -0.4 is 0 Å². The second kappa shape index (κ2) is 8.92. The fraction of sp³-hybridized carbons (Fsp3) is 0.333. The Morgan fingerprint density at radius 1 is 1.42 bits per heavy atom. The first-order valence-corrected chi connectivity index (χ1v) is 2.78. The van der Waals surface area contributed by atoms with Crippen LogP contribution in [-0.2, 0) is 14.3 Å². The fourth-order valence-electron chi connectivity index (χ4n) is 0.163. The predicted molar refractivity (Wildman–Crippen MR) is 35.5 cm³/mol. The molecule has 0 atom stereocenters. The Morgan fingerprint density at radius 2 is 1.83 bits per heavy atom. The molecule has 64 valence electrons. The van der Waals surface area contributed by atoms with Crippen molar-refractivity contribution in [3.05, 3.63) is 0 Å². The number of carboxylic acid groups (broad SMARTS) is 1. The molecule has 0 aliphatic heterocycles. The van der Waals surface area contributed by atoms with Gasteiger partial charge in [-0.25, -0.2) is 9.59 Å². The number of aliphatic carboxylic acids is 1. The molecule has 0 saturated heterocycles. The van der Waals surface area contributed by atoms with E-state index < -0.39 is 11.9 Å². The lowest BCUT2D eigenvalue weighted by Gasteiger charge is -1.86. The molecular weight excluding hydrogens is 164 g/mol. The van der Waals surface area contributed by atoms with E-state index in [1.54, 1.807) is 6.92 Å². The number of ether oxygens (including phenoxy) is 1. The Kier molecular flexibility index (Phi) is 9.35. The Bertz CT molecular complexity index is 235. The van der Waals surface area contributed by atoms with E-state index in [4.69, 9.17) is 20.4 Å². The molecule has 0 amide bonds. The number of rotatable bonds is 1. The van der Waals surface area contributed by atoms with Gasteiger partial charge < -0.3 is 9.84 Å². The van der Waals surface area contributed by atoms with Crippen LogP contribution in [0, 0.1) is 22.7 Å². The molecule has 0 aliphatic carbocycles. The van der Waals surface area contributed by atoms with Gasteiger partial charge in [-0.15, -0.1) is 0 Å². The van der Waals surface area contributed by atoms with Crippen LogP contribution in [0.1, 0.15) is 6.92 Å². The van der Waals surface area contributed by atoms with Crippen LogP contribution in [0.2, 0.25) is 0 Å². The summed E-state index contributed by atoms with van der Waals surface area (Å²) in [7, 11) is 0. The van der Waals surface area contributed by atoms with Gasteiger partial charge in [-0.05, 0) is 6.92 Å². The highest BCUT2D eigenvalue weighted by Crippen LogP contribution is 1.70. The number of hydrogen-bond acceptors (Lipinski definition) is 5. The first kappa shape index (κ1) is 12.6. The number of nitriles is 2. The molecule has 6 nitrogen and oxygen atoms in total. The van der Waals surface area contributed by atoms with Gasteiger partial charge >= 0.3 is 11.9 Å². The van der Waals surface area contributed by atoms with Crippen molar-refractivity contribution in [3.63, 3.8) is 0 Å². The summed E-state index contributed by atoms with van der Waals surface area (Å²) in [4.78, 5) is 18.8. The molecule has 0 spiro atoms. The summed E-state index contributed by atoms with van der Waals surface area (Å²) in [6.45, 7) is 1.92. The zero-order valence-electron chi connectivity index (χ0n) is 6.27. The van der Waals surface area contributed by atoms with E-state index in [-0.39, 0.29) is 6.61 Å². The quantitative estimate of drug-likeness (QED) is 0.327. The average Bonchev–Trinajstić information content (AvgIpc) is 2.06. The fourth-order valence-corrected chi connectivity index (χ4v) is 0.163. The van der Waals surface area contributed by atoms with Gasteiger partial charge in [0.2, 0.25) is 0 Å². The van der Waals surface area contributed by atoms with Crippen LogP contribution >= 0.6 is 0 Å². The first-order chi connectivity index (χ1) is 5.58. The van der Waals surface area contributed by atoms with Crippen LogP contribution in [0.4, 0.5) is 0 Å². The lowest BCUT2D eigenvalue weighted by atomic mass is 10.7. The Balaban J connectivity index is 0. The average molecular weight is 170 g/mol. The minimum Gasteiger partial charge on any atom is -0.470 e. The highest BCUT2D eigenvalue weighted by atomic mass is 16.5. The van der Waals surface area contributed by atoms with Crippen LogP contribution in [0.5, 0.6) is 0 Å². The molecule has 12 heavy (non-hydrogen) atoms. The van der Waals surface area contributed by atoms with Crippen molar-refractivity contribution in [2.75, 3.05) is 6.61 Å². The standard InChI is InChI=1S/C4H5NO2.C2HNO2/c1-2-7-4(6)3-5;3-1-2(4)5/h2H2,1H3;(H,4,5). The number of hydrogen-bond donors (Lipinski definition) is 1. The van der Waals surface area contributed by atoms with Crippen LogP contribution in [-0.4, -0.2) is 23.7 Å². The van der Waals surface area contributed by atoms with Gasteiger partial charge in [0.15, 0.2) is 12.1 Å². The monoisotopic (exact) mass is 170 g/mol. The summed E-state index contributed by atoms with van der Waals surface area (Å²) in [5.74, 6) is -2.26. The van der Waals surface area contributed by atoms with Gasteiger partial charge in [0.1, 0.15) is 0 Å². The van der Waals surface area contributed by atoms with Gasteiger partial charge in [0.05, 0.1) is 6.61 Å². The summed E-state index contributed by atoms with van der Waals surface area (Å²) < 4.78 is 4.19. The van der Waals surface area contributed by atoms with Crippen molar-refractivity contribution in [1.82, 2.24) is 0 Å². The molecule has 0 aromatic rings. The number of esters is 1. The first-order valence-electron chi connectivity index (χ1n) is 2.78. The zero-order chi connectivity index (χ0) is 9.98. The molecule has 0 unspecified atom stereocenters. The molecule has 0 rings (SSSR count). The highest BCUT2D eigenvalue weighted by Gasteiger charge is 1.91. The van der Waals surface area contributed by atoms with Crippen LogP contribution in [0.3, 0.4) is 0 Å². The zero-order valence-corrected chi connectivity index (χ0v) is 6.27. The maximum absolute atomic E-state index is 9.83. The lowest BCUT2D eigenvalue weighted by Crippen LogP contribution is -1.98. The van der Waals surface area contributed by atoms with E-state index in [1.165, 1.54) is 6.07 Å². The summed E-state index contributed by atoms with van der Waals surface area (Å²) in [6, 6.07) is 2.25. The van der Waals surface area contributed by atoms with Gasteiger partial charge in [-0.1, -0.05) is 0 Å². The van der Waals surface area contributed by atoms with Crippen molar-refractivity contribution in [2.45, 2.75) is 6.92 Å². The largest absolute Gasteiger partial charge is 0.470 e. The van der Waals surface area contributed by atoms with Gasteiger partial charge in [-0.3, -0.25) is 0 Å². The third-order valence-corrected chi connectivity index (χ3v) is 0.462. The van der Waals surface area contributed by atoms with Crippen molar-refractivity contribution >= 4 is 11.9 Å². The van der Waals surface area contributed by atoms with E-state index in [0.717, 1.165) is 6.07 Å². The van der Waals surface area contributed by atoms with Gasteiger partial charge in [0.25, 0.3) is 0 Å². The highest BCUT2D eigenvalue weighted by molar-refractivity contribution is 5.85. The molecule has 0 fully saturated rings. The summed E-state index contributed by atoms with van der Waals surface area (Å²) >= 11 is 0. The predicted octanol–water partition coefficient (Wildman–Crippen LogP) is -0.332. The molecule has 1 N–H and O–H groups in total. The maximum Gasteiger partial charge on any atom is 0.411 e. The van der Waals surface area contributed by atoms with E-state index in [9.17, 15) is 4.79 Å². The minimum absolute atomic E-state index is 0.270. The molecule has 0 aromatic heterocycles. The van der Waals surface area contributed by atoms with Crippen molar-refractivity contribution in [1.29, 1.82) is 10.5 Å². The van der Waals surface area contributed by atoms with E-state index in [1.807, 2.05) is 0 Å². The van der Waals surface area contributed by atoms with Crippen LogP contribution in [0.15, 0.2) is 0 Å². The SMILES string of the molecule is CCOC(=O)C#N.N#CC(=O)O. The Labute approximate surface area is 68.6 Å². The van der Waals surface area contributed by atoms with Crippen LogP contribution in [0.25, 0.3) is 0 Å². The second-order valence-corrected chi connectivity index (χ2v) is 1.25. The number of nitrogens with zero attached hydrogens (tertiary/aromatic N) is 2. The van der Waals surface area contributed by atoms with Crippen molar-refractivity contribution in [2.24, 2.45) is 0 Å². The molecule has 0 saturated carbocycles. The molecule has 0 aromatic carbocycles. The Hall–Kier alpha value is -2.08. The number of carbonyl (C=O) groups is 2. The molecule has 0 bridgehead atoms. The molecule has 6 heteroatoms. The normalized spacial score (nSPS) is 6.25. The third kappa shape index (κ3) is 15.7. The number of carbonyl (C=O) groups excluding carboxylic acids is 1. The summed E-state index contributed by atoms with van der Waals surface area (Å²) in [6.07, 6.45) is 0. The molecule has 0 radical (unpaired) electrons. The maximum atomic E-state index is 9.83. The number of carboxylic acids is 1.